The Labute approximate surface area is 107 Å². The first-order valence-corrected chi connectivity index (χ1v) is 7.63. The lowest BCUT2D eigenvalue weighted by molar-refractivity contribution is 0.0821. The van der Waals surface area contributed by atoms with E-state index in [1.54, 1.807) is 0 Å². The summed E-state index contributed by atoms with van der Waals surface area (Å²) in [6, 6.07) is 0.672. The highest BCUT2D eigenvalue weighted by molar-refractivity contribution is 4.97. The zero-order valence-electron chi connectivity index (χ0n) is 12.0. The number of nitrogens with zero attached hydrogens (tertiary/aromatic N) is 1. The number of likely N-dealkylation sites (tertiary alicyclic amines) is 1. The standard InChI is InChI=1S/C15H30N2/c1-4-15(2,17-11-5-6-12-17)14(16-3)10-9-13-7-8-13/h13-14,16H,4-12H2,1-3H3. The van der Waals surface area contributed by atoms with Gasteiger partial charge in [0.15, 0.2) is 0 Å². The second-order valence-corrected chi connectivity index (χ2v) is 6.27. The lowest BCUT2D eigenvalue weighted by Gasteiger charge is -2.44. The van der Waals surface area contributed by atoms with Gasteiger partial charge in [0.25, 0.3) is 0 Å². The molecule has 0 aromatic heterocycles. The molecule has 2 heteroatoms. The molecular formula is C15H30N2. The molecule has 1 saturated carbocycles. The van der Waals surface area contributed by atoms with Crippen LogP contribution in [0.5, 0.6) is 0 Å². The predicted molar refractivity (Wildman–Crippen MR) is 74.3 cm³/mol. The lowest BCUT2D eigenvalue weighted by Crippen LogP contribution is -2.57. The summed E-state index contributed by atoms with van der Waals surface area (Å²) < 4.78 is 0. The van der Waals surface area contributed by atoms with Gasteiger partial charge in [-0.1, -0.05) is 19.8 Å². The van der Waals surface area contributed by atoms with Gasteiger partial charge in [-0.15, -0.1) is 0 Å². The smallest absolute Gasteiger partial charge is 0.0331 e. The summed E-state index contributed by atoms with van der Waals surface area (Å²) in [5.41, 5.74) is 0.375. The molecular weight excluding hydrogens is 208 g/mol. The molecule has 0 aromatic carbocycles. The van der Waals surface area contributed by atoms with E-state index in [2.05, 4.69) is 31.1 Å². The van der Waals surface area contributed by atoms with Crippen LogP contribution < -0.4 is 5.32 Å². The third-order valence-corrected chi connectivity index (χ3v) is 5.20. The van der Waals surface area contributed by atoms with Gasteiger partial charge in [0.05, 0.1) is 0 Å². The fourth-order valence-electron chi connectivity index (χ4n) is 3.49. The van der Waals surface area contributed by atoms with Crippen molar-refractivity contribution >= 4 is 0 Å². The Bertz CT molecular complexity index is 231. The Morgan fingerprint density at radius 3 is 2.41 bits per heavy atom. The van der Waals surface area contributed by atoms with Crippen LogP contribution in [0.4, 0.5) is 0 Å². The van der Waals surface area contributed by atoms with Gasteiger partial charge in [-0.3, -0.25) is 4.90 Å². The van der Waals surface area contributed by atoms with Crippen molar-refractivity contribution in [3.8, 4) is 0 Å². The first-order valence-electron chi connectivity index (χ1n) is 7.63. The van der Waals surface area contributed by atoms with E-state index in [0.717, 1.165) is 5.92 Å². The quantitative estimate of drug-likeness (QED) is 0.733. The molecule has 1 saturated heterocycles. The Morgan fingerprint density at radius 1 is 1.29 bits per heavy atom. The van der Waals surface area contributed by atoms with Crippen molar-refractivity contribution in [2.24, 2.45) is 5.92 Å². The van der Waals surface area contributed by atoms with Crippen LogP contribution in [-0.2, 0) is 0 Å². The van der Waals surface area contributed by atoms with Gasteiger partial charge in [0, 0.05) is 11.6 Å². The molecule has 1 heterocycles. The second kappa shape index (κ2) is 5.71. The van der Waals surface area contributed by atoms with Crippen LogP contribution in [0.2, 0.25) is 0 Å². The second-order valence-electron chi connectivity index (χ2n) is 6.27. The topological polar surface area (TPSA) is 15.3 Å². The summed E-state index contributed by atoms with van der Waals surface area (Å²) in [5.74, 6) is 1.06. The Morgan fingerprint density at radius 2 is 1.94 bits per heavy atom. The number of hydrogen-bond donors (Lipinski definition) is 1. The summed E-state index contributed by atoms with van der Waals surface area (Å²) in [4.78, 5) is 2.74. The molecule has 0 spiro atoms. The van der Waals surface area contributed by atoms with Crippen molar-refractivity contribution in [3.63, 3.8) is 0 Å². The van der Waals surface area contributed by atoms with Gasteiger partial charge in [-0.25, -0.2) is 0 Å². The molecule has 2 nitrogen and oxygen atoms in total. The van der Waals surface area contributed by atoms with E-state index in [1.807, 2.05) is 0 Å². The fourth-order valence-corrected chi connectivity index (χ4v) is 3.49. The molecule has 0 amide bonds. The SMILES string of the molecule is CCC(C)(C(CCC1CC1)NC)N1CCCC1. The maximum absolute atomic E-state index is 3.61. The molecule has 100 valence electrons. The average Bonchev–Trinajstić information content (AvgIpc) is 3.01. The van der Waals surface area contributed by atoms with Crippen molar-refractivity contribution < 1.29 is 0 Å². The molecule has 17 heavy (non-hydrogen) atoms. The molecule has 2 fully saturated rings. The summed E-state index contributed by atoms with van der Waals surface area (Å²) in [6.07, 6.45) is 9.84. The highest BCUT2D eigenvalue weighted by Crippen LogP contribution is 2.36. The van der Waals surface area contributed by atoms with Gasteiger partial charge in [0.2, 0.25) is 0 Å². The first-order chi connectivity index (χ1) is 8.20. The van der Waals surface area contributed by atoms with Crippen molar-refractivity contribution in [1.29, 1.82) is 0 Å². The minimum absolute atomic E-state index is 0.375. The van der Waals surface area contributed by atoms with Crippen LogP contribution >= 0.6 is 0 Å². The van der Waals surface area contributed by atoms with E-state index < -0.39 is 0 Å². The minimum Gasteiger partial charge on any atom is -0.315 e. The number of nitrogens with one attached hydrogen (secondary N) is 1. The van der Waals surface area contributed by atoms with E-state index in [9.17, 15) is 0 Å². The molecule has 2 unspecified atom stereocenters. The molecule has 2 atom stereocenters. The van der Waals surface area contributed by atoms with Gasteiger partial charge >= 0.3 is 0 Å². The third kappa shape index (κ3) is 3.03. The summed E-state index contributed by atoms with van der Waals surface area (Å²) in [6.45, 7) is 7.46. The van der Waals surface area contributed by atoms with E-state index in [4.69, 9.17) is 0 Å². The summed E-state index contributed by atoms with van der Waals surface area (Å²) in [7, 11) is 2.15. The van der Waals surface area contributed by atoms with Crippen LogP contribution in [0.3, 0.4) is 0 Å². The van der Waals surface area contributed by atoms with Crippen molar-refractivity contribution in [2.75, 3.05) is 20.1 Å². The molecule has 0 bridgehead atoms. The van der Waals surface area contributed by atoms with Crippen molar-refractivity contribution in [1.82, 2.24) is 10.2 Å². The van der Waals surface area contributed by atoms with Crippen LogP contribution in [0.25, 0.3) is 0 Å². The van der Waals surface area contributed by atoms with E-state index in [0.29, 0.717) is 11.6 Å². The molecule has 2 aliphatic rings. The molecule has 0 aromatic rings. The monoisotopic (exact) mass is 238 g/mol. The average molecular weight is 238 g/mol. The predicted octanol–water partition coefficient (Wildman–Crippen LogP) is 3.03. The van der Waals surface area contributed by atoms with E-state index >= 15 is 0 Å². The number of hydrogen-bond acceptors (Lipinski definition) is 2. The highest BCUT2D eigenvalue weighted by atomic mass is 15.2. The maximum atomic E-state index is 3.61. The molecule has 1 N–H and O–H groups in total. The first kappa shape index (κ1) is 13.4. The van der Waals surface area contributed by atoms with E-state index in [-0.39, 0.29) is 0 Å². The Balaban J connectivity index is 1.95. The Kier molecular flexibility index (Phi) is 4.48. The zero-order chi connectivity index (χ0) is 12.3. The van der Waals surface area contributed by atoms with Crippen molar-refractivity contribution in [3.05, 3.63) is 0 Å². The molecule has 2 rings (SSSR count). The maximum Gasteiger partial charge on any atom is 0.0331 e. The summed E-state index contributed by atoms with van der Waals surface area (Å²) >= 11 is 0. The Hall–Kier alpha value is -0.0800. The molecule has 1 aliphatic heterocycles. The molecule has 1 aliphatic carbocycles. The third-order valence-electron chi connectivity index (χ3n) is 5.20. The number of rotatable bonds is 7. The van der Waals surface area contributed by atoms with Crippen molar-refractivity contribution in [2.45, 2.75) is 70.4 Å². The lowest BCUT2D eigenvalue weighted by atomic mass is 9.84. The largest absolute Gasteiger partial charge is 0.315 e. The van der Waals surface area contributed by atoms with Gasteiger partial charge in [0.1, 0.15) is 0 Å². The van der Waals surface area contributed by atoms with Crippen LogP contribution in [0, 0.1) is 5.92 Å². The van der Waals surface area contributed by atoms with Gasteiger partial charge in [-0.05, 0) is 65.1 Å². The molecule has 0 radical (unpaired) electrons. The van der Waals surface area contributed by atoms with Gasteiger partial charge < -0.3 is 5.32 Å². The minimum atomic E-state index is 0.375. The number of likely N-dealkylation sites (N-methyl/N-ethyl adjacent to an activating group) is 1. The normalized spacial score (nSPS) is 27.0. The van der Waals surface area contributed by atoms with Crippen LogP contribution in [-0.4, -0.2) is 36.6 Å². The van der Waals surface area contributed by atoms with Crippen LogP contribution in [0.15, 0.2) is 0 Å². The van der Waals surface area contributed by atoms with E-state index in [1.165, 1.54) is 58.0 Å². The fraction of sp³-hybridized carbons (Fsp3) is 1.00. The van der Waals surface area contributed by atoms with Gasteiger partial charge in [-0.2, -0.15) is 0 Å². The zero-order valence-corrected chi connectivity index (χ0v) is 12.0. The summed E-state index contributed by atoms with van der Waals surface area (Å²) in [5, 5.41) is 3.61. The van der Waals surface area contributed by atoms with Crippen LogP contribution in [0.1, 0.15) is 58.8 Å². The highest BCUT2D eigenvalue weighted by Gasteiger charge is 2.39.